The fourth-order valence-electron chi connectivity index (χ4n) is 1.71. The van der Waals surface area contributed by atoms with Gasteiger partial charge < -0.3 is 9.84 Å². The van der Waals surface area contributed by atoms with E-state index in [4.69, 9.17) is 4.74 Å². The quantitative estimate of drug-likeness (QED) is 0.899. The number of aliphatic hydroxyl groups is 1. The van der Waals surface area contributed by atoms with Gasteiger partial charge in [-0.25, -0.2) is 4.39 Å². The molecule has 3 nitrogen and oxygen atoms in total. The molecule has 2 aromatic rings. The summed E-state index contributed by atoms with van der Waals surface area (Å²) in [6, 6.07) is 10.1. The van der Waals surface area contributed by atoms with Crippen LogP contribution in [-0.2, 0) is 6.42 Å². The summed E-state index contributed by atoms with van der Waals surface area (Å²) < 4.78 is 19.1. The number of aliphatic hydroxyl groups excluding tert-OH is 1. The number of halogens is 1. The number of rotatable bonds is 5. The molecule has 1 aromatic heterocycles. The van der Waals surface area contributed by atoms with Gasteiger partial charge in [0.05, 0.1) is 12.7 Å². The molecule has 0 radical (unpaired) electrons. The lowest BCUT2D eigenvalue weighted by molar-refractivity contribution is 0.198. The standard InChI is InChI=1S/C15H16FNO2/c1-11(18)12-5-6-15(14(16)10-12)19-9-7-13-4-2-3-8-17-13/h2-6,8,10-11,18H,7,9H2,1H3. The van der Waals surface area contributed by atoms with E-state index < -0.39 is 11.9 Å². The number of pyridine rings is 1. The van der Waals surface area contributed by atoms with E-state index in [1.54, 1.807) is 19.2 Å². The molecular weight excluding hydrogens is 245 g/mol. The van der Waals surface area contributed by atoms with Crippen molar-refractivity contribution in [2.24, 2.45) is 0 Å². The van der Waals surface area contributed by atoms with Gasteiger partial charge in [-0.05, 0) is 36.8 Å². The van der Waals surface area contributed by atoms with Crippen molar-refractivity contribution < 1.29 is 14.2 Å². The smallest absolute Gasteiger partial charge is 0.165 e. The van der Waals surface area contributed by atoms with E-state index in [2.05, 4.69) is 4.98 Å². The van der Waals surface area contributed by atoms with Crippen molar-refractivity contribution in [1.82, 2.24) is 4.98 Å². The van der Waals surface area contributed by atoms with Crippen molar-refractivity contribution in [2.75, 3.05) is 6.61 Å². The van der Waals surface area contributed by atoms with Gasteiger partial charge in [0.2, 0.25) is 0 Å². The van der Waals surface area contributed by atoms with Crippen LogP contribution < -0.4 is 4.74 Å². The van der Waals surface area contributed by atoms with Gasteiger partial charge in [0.25, 0.3) is 0 Å². The molecule has 1 N–H and O–H groups in total. The molecule has 1 heterocycles. The summed E-state index contributed by atoms with van der Waals surface area (Å²) >= 11 is 0. The minimum absolute atomic E-state index is 0.195. The third kappa shape index (κ3) is 3.76. The lowest BCUT2D eigenvalue weighted by atomic mass is 10.1. The van der Waals surface area contributed by atoms with Gasteiger partial charge in [-0.3, -0.25) is 4.98 Å². The van der Waals surface area contributed by atoms with Gasteiger partial charge in [-0.15, -0.1) is 0 Å². The Bertz CT molecular complexity index is 529. The molecule has 2 rings (SSSR count). The van der Waals surface area contributed by atoms with Crippen LogP contribution in [-0.4, -0.2) is 16.7 Å². The number of hydrogen-bond acceptors (Lipinski definition) is 3. The second kappa shape index (κ2) is 6.29. The molecular formula is C15H16FNO2. The van der Waals surface area contributed by atoms with E-state index in [-0.39, 0.29) is 5.75 Å². The third-order valence-corrected chi connectivity index (χ3v) is 2.78. The lowest BCUT2D eigenvalue weighted by Crippen LogP contribution is -2.04. The molecule has 0 bridgehead atoms. The van der Waals surface area contributed by atoms with E-state index in [1.807, 2.05) is 18.2 Å². The van der Waals surface area contributed by atoms with Crippen LogP contribution >= 0.6 is 0 Å². The summed E-state index contributed by atoms with van der Waals surface area (Å²) in [4.78, 5) is 4.16. The summed E-state index contributed by atoms with van der Waals surface area (Å²) in [5.41, 5.74) is 1.44. The van der Waals surface area contributed by atoms with E-state index >= 15 is 0 Å². The Morgan fingerprint density at radius 2 is 2.16 bits per heavy atom. The monoisotopic (exact) mass is 261 g/mol. The van der Waals surface area contributed by atoms with Crippen LogP contribution in [0.3, 0.4) is 0 Å². The maximum Gasteiger partial charge on any atom is 0.165 e. The molecule has 0 aliphatic rings. The van der Waals surface area contributed by atoms with Crippen molar-refractivity contribution in [3.63, 3.8) is 0 Å². The summed E-state index contributed by atoms with van der Waals surface area (Å²) in [6.45, 7) is 1.96. The van der Waals surface area contributed by atoms with Gasteiger partial charge in [0.1, 0.15) is 0 Å². The fraction of sp³-hybridized carbons (Fsp3) is 0.267. The molecule has 0 spiro atoms. The van der Waals surface area contributed by atoms with Gasteiger partial charge in [-0.1, -0.05) is 12.1 Å². The Labute approximate surface area is 111 Å². The second-order valence-corrected chi connectivity index (χ2v) is 4.29. The largest absolute Gasteiger partial charge is 0.490 e. The Morgan fingerprint density at radius 1 is 1.32 bits per heavy atom. The Hall–Kier alpha value is -1.94. The summed E-state index contributed by atoms with van der Waals surface area (Å²) in [7, 11) is 0. The zero-order valence-corrected chi connectivity index (χ0v) is 10.7. The van der Waals surface area contributed by atoms with Crippen molar-refractivity contribution in [3.05, 3.63) is 59.7 Å². The first-order chi connectivity index (χ1) is 9.16. The normalized spacial score (nSPS) is 12.2. The van der Waals surface area contributed by atoms with Gasteiger partial charge >= 0.3 is 0 Å². The zero-order valence-electron chi connectivity index (χ0n) is 10.7. The van der Waals surface area contributed by atoms with Crippen LogP contribution in [0.2, 0.25) is 0 Å². The average Bonchev–Trinajstić information content (AvgIpc) is 2.41. The molecule has 100 valence electrons. The molecule has 4 heteroatoms. The van der Waals surface area contributed by atoms with E-state index in [0.29, 0.717) is 18.6 Å². The van der Waals surface area contributed by atoms with Crippen molar-refractivity contribution in [2.45, 2.75) is 19.4 Å². The molecule has 0 amide bonds. The highest BCUT2D eigenvalue weighted by Crippen LogP contribution is 2.22. The number of aromatic nitrogens is 1. The highest BCUT2D eigenvalue weighted by Gasteiger charge is 2.08. The predicted octanol–water partition coefficient (Wildman–Crippen LogP) is 2.90. The molecule has 1 aromatic carbocycles. The zero-order chi connectivity index (χ0) is 13.7. The van der Waals surface area contributed by atoms with E-state index in [1.165, 1.54) is 12.1 Å². The topological polar surface area (TPSA) is 42.4 Å². The summed E-state index contributed by atoms with van der Waals surface area (Å²) in [6.07, 6.45) is 1.66. The first-order valence-electron chi connectivity index (χ1n) is 6.17. The number of ether oxygens (including phenoxy) is 1. The van der Waals surface area contributed by atoms with Gasteiger partial charge in [-0.2, -0.15) is 0 Å². The molecule has 1 atom stereocenters. The number of nitrogens with zero attached hydrogens (tertiary/aromatic N) is 1. The highest BCUT2D eigenvalue weighted by molar-refractivity contribution is 5.30. The molecule has 0 saturated carbocycles. The van der Waals surface area contributed by atoms with Crippen molar-refractivity contribution >= 4 is 0 Å². The minimum Gasteiger partial charge on any atom is -0.490 e. The summed E-state index contributed by atoms with van der Waals surface area (Å²) in [5, 5.41) is 9.35. The minimum atomic E-state index is -0.683. The SMILES string of the molecule is CC(O)c1ccc(OCCc2ccccn2)c(F)c1. The van der Waals surface area contributed by atoms with Gasteiger partial charge in [0.15, 0.2) is 11.6 Å². The molecule has 0 fully saturated rings. The molecule has 0 aliphatic carbocycles. The van der Waals surface area contributed by atoms with E-state index in [0.717, 1.165) is 5.69 Å². The summed E-state index contributed by atoms with van der Waals surface area (Å²) in [5.74, 6) is -0.264. The average molecular weight is 261 g/mol. The number of benzene rings is 1. The lowest BCUT2D eigenvalue weighted by Gasteiger charge is -2.09. The van der Waals surface area contributed by atoms with Crippen LogP contribution in [0.4, 0.5) is 4.39 Å². The van der Waals surface area contributed by atoms with Crippen LogP contribution in [0.1, 0.15) is 24.3 Å². The van der Waals surface area contributed by atoms with Crippen LogP contribution in [0.25, 0.3) is 0 Å². The van der Waals surface area contributed by atoms with Crippen LogP contribution in [0.5, 0.6) is 5.75 Å². The fourth-order valence-corrected chi connectivity index (χ4v) is 1.71. The van der Waals surface area contributed by atoms with E-state index in [9.17, 15) is 9.50 Å². The first kappa shape index (κ1) is 13.5. The molecule has 19 heavy (non-hydrogen) atoms. The Balaban J connectivity index is 1.93. The maximum absolute atomic E-state index is 13.7. The number of hydrogen-bond donors (Lipinski definition) is 1. The Morgan fingerprint density at radius 3 is 2.79 bits per heavy atom. The molecule has 0 saturated heterocycles. The predicted molar refractivity (Wildman–Crippen MR) is 70.5 cm³/mol. The maximum atomic E-state index is 13.7. The first-order valence-corrected chi connectivity index (χ1v) is 6.17. The highest BCUT2D eigenvalue weighted by atomic mass is 19.1. The van der Waals surface area contributed by atoms with Gasteiger partial charge in [0, 0.05) is 18.3 Å². The molecule has 1 unspecified atom stereocenters. The second-order valence-electron chi connectivity index (χ2n) is 4.29. The van der Waals surface area contributed by atoms with Crippen molar-refractivity contribution in [3.8, 4) is 5.75 Å². The van der Waals surface area contributed by atoms with Crippen LogP contribution in [0.15, 0.2) is 42.6 Å². The van der Waals surface area contributed by atoms with Crippen molar-refractivity contribution in [1.29, 1.82) is 0 Å². The Kier molecular flexibility index (Phi) is 4.47. The third-order valence-electron chi connectivity index (χ3n) is 2.78. The van der Waals surface area contributed by atoms with Crippen LogP contribution in [0, 0.1) is 5.82 Å². The molecule has 0 aliphatic heterocycles.